The molecule has 0 aliphatic carbocycles. The Kier molecular flexibility index (Phi) is 4.53. The Morgan fingerprint density at radius 3 is 2.88 bits per heavy atom. The lowest BCUT2D eigenvalue weighted by molar-refractivity contribution is -0.137. The number of nitrogens with one attached hydrogen (secondary N) is 1. The molecule has 1 rings (SSSR count). The first-order chi connectivity index (χ1) is 8.02. The number of carbonyl (C=O) groups is 1. The average Bonchev–Trinajstić information content (AvgIpc) is 2.28. The highest BCUT2D eigenvalue weighted by atomic mass is 16.4. The minimum atomic E-state index is -0.803. The van der Waals surface area contributed by atoms with E-state index in [1.165, 1.54) is 0 Å². The molecule has 0 fully saturated rings. The summed E-state index contributed by atoms with van der Waals surface area (Å²) in [7, 11) is 0. The Balaban J connectivity index is 2.68. The van der Waals surface area contributed by atoms with Crippen LogP contribution in [-0.4, -0.2) is 17.1 Å². The fourth-order valence-electron chi connectivity index (χ4n) is 1.55. The molecule has 0 saturated heterocycles. The number of rotatable bonds is 5. The summed E-state index contributed by atoms with van der Waals surface area (Å²) in [6.07, 6.45) is 0.663. The molecule has 4 nitrogen and oxygen atoms in total. The molecule has 1 atom stereocenters. The maximum absolute atomic E-state index is 10.4. The molecule has 2 N–H and O–H groups in total. The molecule has 1 aromatic rings. The monoisotopic (exact) mass is 232 g/mol. The number of hydrogen-bond donors (Lipinski definition) is 2. The number of anilines is 1. The molecule has 0 heterocycles. The smallest absolute Gasteiger partial charge is 0.303 e. The quantitative estimate of drug-likeness (QED) is 0.818. The Morgan fingerprint density at radius 2 is 2.29 bits per heavy atom. The topological polar surface area (TPSA) is 73.1 Å². The van der Waals surface area contributed by atoms with Crippen LogP contribution in [0.15, 0.2) is 18.2 Å². The van der Waals surface area contributed by atoms with E-state index in [9.17, 15) is 4.79 Å². The summed E-state index contributed by atoms with van der Waals surface area (Å²) in [5.74, 6) is -0.803. The lowest BCUT2D eigenvalue weighted by Crippen LogP contribution is -2.17. The third-order valence-corrected chi connectivity index (χ3v) is 2.49. The van der Waals surface area contributed by atoms with Crippen LogP contribution in [0.5, 0.6) is 0 Å². The zero-order valence-corrected chi connectivity index (χ0v) is 10.0. The van der Waals surface area contributed by atoms with Crippen molar-refractivity contribution in [2.45, 2.75) is 32.7 Å². The number of carboxylic acid groups (broad SMARTS) is 1. The van der Waals surface area contributed by atoms with Crippen LogP contribution >= 0.6 is 0 Å². The van der Waals surface area contributed by atoms with E-state index in [-0.39, 0.29) is 12.5 Å². The normalized spacial score (nSPS) is 11.6. The largest absolute Gasteiger partial charge is 0.481 e. The summed E-state index contributed by atoms with van der Waals surface area (Å²) in [6.45, 7) is 3.84. The predicted molar refractivity (Wildman–Crippen MR) is 65.8 cm³/mol. The van der Waals surface area contributed by atoms with Crippen LogP contribution in [-0.2, 0) is 4.79 Å². The lowest BCUT2D eigenvalue weighted by Gasteiger charge is -2.15. The molecule has 0 aliphatic rings. The van der Waals surface area contributed by atoms with E-state index in [0.717, 1.165) is 11.3 Å². The van der Waals surface area contributed by atoms with Crippen LogP contribution in [0.2, 0.25) is 0 Å². The van der Waals surface area contributed by atoms with Gasteiger partial charge in [-0.25, -0.2) is 0 Å². The molecule has 0 bridgehead atoms. The summed E-state index contributed by atoms with van der Waals surface area (Å²) in [4.78, 5) is 10.4. The van der Waals surface area contributed by atoms with Gasteiger partial charge >= 0.3 is 5.97 Å². The van der Waals surface area contributed by atoms with Crippen LogP contribution in [0.1, 0.15) is 30.9 Å². The van der Waals surface area contributed by atoms with Gasteiger partial charge in [-0.3, -0.25) is 4.79 Å². The second-order valence-corrected chi connectivity index (χ2v) is 4.14. The maximum atomic E-state index is 10.4. The first kappa shape index (κ1) is 13.0. The van der Waals surface area contributed by atoms with Gasteiger partial charge in [-0.1, -0.05) is 6.07 Å². The minimum absolute atomic E-state index is 0.0286. The van der Waals surface area contributed by atoms with E-state index in [2.05, 4.69) is 11.4 Å². The lowest BCUT2D eigenvalue weighted by atomic mass is 10.1. The molecule has 0 amide bonds. The number of benzene rings is 1. The number of aliphatic carboxylic acids is 1. The van der Waals surface area contributed by atoms with Crippen molar-refractivity contribution < 1.29 is 9.90 Å². The number of aryl methyl sites for hydroxylation is 1. The molecular formula is C13H16N2O2. The number of nitriles is 1. The molecule has 0 aliphatic heterocycles. The molecule has 1 aromatic carbocycles. The van der Waals surface area contributed by atoms with Gasteiger partial charge in [-0.15, -0.1) is 0 Å². The van der Waals surface area contributed by atoms with Crippen molar-refractivity contribution in [3.05, 3.63) is 29.3 Å². The number of carboxylic acids is 1. The maximum Gasteiger partial charge on any atom is 0.303 e. The number of hydrogen-bond acceptors (Lipinski definition) is 3. The van der Waals surface area contributed by atoms with Crippen molar-refractivity contribution in [1.82, 2.24) is 0 Å². The van der Waals surface area contributed by atoms with Gasteiger partial charge < -0.3 is 10.4 Å². The molecule has 0 radical (unpaired) electrons. The molecule has 1 unspecified atom stereocenters. The van der Waals surface area contributed by atoms with Gasteiger partial charge in [0, 0.05) is 12.5 Å². The van der Waals surface area contributed by atoms with Crippen LogP contribution in [0, 0.1) is 18.3 Å². The standard InChI is InChI=1S/C13H16N2O2/c1-9-3-5-12(11(7-9)8-14)15-10(2)4-6-13(16)17/h3,5,7,10,15H,4,6H2,1-2H3,(H,16,17). The summed E-state index contributed by atoms with van der Waals surface area (Å²) in [6, 6.07) is 7.74. The van der Waals surface area contributed by atoms with Gasteiger partial charge in [0.05, 0.1) is 11.3 Å². The minimum Gasteiger partial charge on any atom is -0.481 e. The van der Waals surface area contributed by atoms with Crippen molar-refractivity contribution in [3.63, 3.8) is 0 Å². The molecule has 0 spiro atoms. The summed E-state index contributed by atoms with van der Waals surface area (Å²) < 4.78 is 0. The van der Waals surface area contributed by atoms with Gasteiger partial charge in [0.2, 0.25) is 0 Å². The molecule has 17 heavy (non-hydrogen) atoms. The molecule has 90 valence electrons. The van der Waals surface area contributed by atoms with Crippen LogP contribution in [0.3, 0.4) is 0 Å². The summed E-state index contributed by atoms with van der Waals surface area (Å²) in [5.41, 5.74) is 2.38. The fraction of sp³-hybridized carbons (Fsp3) is 0.385. The van der Waals surface area contributed by atoms with Crippen LogP contribution in [0.4, 0.5) is 5.69 Å². The number of nitrogens with zero attached hydrogens (tertiary/aromatic N) is 1. The summed E-state index contributed by atoms with van der Waals surface area (Å²) >= 11 is 0. The van der Waals surface area contributed by atoms with Crippen molar-refractivity contribution in [2.75, 3.05) is 5.32 Å². The highest BCUT2D eigenvalue weighted by molar-refractivity contribution is 5.67. The zero-order valence-electron chi connectivity index (χ0n) is 10.0. The predicted octanol–water partition coefficient (Wildman–Crippen LogP) is 2.53. The van der Waals surface area contributed by atoms with Crippen molar-refractivity contribution in [3.8, 4) is 6.07 Å². The van der Waals surface area contributed by atoms with Gasteiger partial charge in [-0.05, 0) is 38.0 Å². The van der Waals surface area contributed by atoms with Crippen molar-refractivity contribution in [1.29, 1.82) is 5.26 Å². The van der Waals surface area contributed by atoms with Gasteiger partial charge in [0.15, 0.2) is 0 Å². The van der Waals surface area contributed by atoms with Gasteiger partial charge in [0.1, 0.15) is 6.07 Å². The zero-order chi connectivity index (χ0) is 12.8. The van der Waals surface area contributed by atoms with Crippen molar-refractivity contribution in [2.24, 2.45) is 0 Å². The Hall–Kier alpha value is -2.02. The average molecular weight is 232 g/mol. The van der Waals surface area contributed by atoms with E-state index in [1.54, 1.807) is 0 Å². The first-order valence-corrected chi connectivity index (χ1v) is 5.52. The highest BCUT2D eigenvalue weighted by Gasteiger charge is 2.08. The van der Waals surface area contributed by atoms with E-state index < -0.39 is 5.97 Å². The molecule has 4 heteroatoms. The fourth-order valence-corrected chi connectivity index (χ4v) is 1.55. The Labute approximate surface area is 101 Å². The van der Waals surface area contributed by atoms with E-state index in [0.29, 0.717) is 12.0 Å². The highest BCUT2D eigenvalue weighted by Crippen LogP contribution is 2.18. The van der Waals surface area contributed by atoms with Crippen LogP contribution < -0.4 is 5.32 Å². The second-order valence-electron chi connectivity index (χ2n) is 4.14. The first-order valence-electron chi connectivity index (χ1n) is 5.52. The Morgan fingerprint density at radius 1 is 1.59 bits per heavy atom. The van der Waals surface area contributed by atoms with Gasteiger partial charge in [0.25, 0.3) is 0 Å². The third kappa shape index (κ3) is 4.15. The summed E-state index contributed by atoms with van der Waals surface area (Å²) in [5, 5.41) is 20.7. The SMILES string of the molecule is Cc1ccc(NC(C)CCC(=O)O)c(C#N)c1. The van der Waals surface area contributed by atoms with Crippen LogP contribution in [0.25, 0.3) is 0 Å². The second kappa shape index (κ2) is 5.90. The van der Waals surface area contributed by atoms with Crippen molar-refractivity contribution >= 4 is 11.7 Å². The van der Waals surface area contributed by atoms with E-state index >= 15 is 0 Å². The van der Waals surface area contributed by atoms with E-state index in [1.807, 2.05) is 32.0 Å². The van der Waals surface area contributed by atoms with Gasteiger partial charge in [-0.2, -0.15) is 5.26 Å². The molecule has 0 aromatic heterocycles. The third-order valence-electron chi connectivity index (χ3n) is 2.49. The Bertz CT molecular complexity index is 449. The molecular weight excluding hydrogens is 216 g/mol. The van der Waals surface area contributed by atoms with E-state index in [4.69, 9.17) is 10.4 Å². The molecule has 0 saturated carbocycles.